The van der Waals surface area contributed by atoms with Gasteiger partial charge in [0.1, 0.15) is 13.2 Å². The molecule has 1 amide bonds. The van der Waals surface area contributed by atoms with Gasteiger partial charge in [0.15, 0.2) is 11.5 Å². The van der Waals surface area contributed by atoms with E-state index in [-0.39, 0.29) is 11.9 Å². The molecule has 2 aliphatic heterocycles. The van der Waals surface area contributed by atoms with Gasteiger partial charge in [0.05, 0.1) is 5.92 Å². The van der Waals surface area contributed by atoms with E-state index in [2.05, 4.69) is 0 Å². The second-order valence-electron chi connectivity index (χ2n) is 6.41. The molecule has 1 aromatic rings. The number of aliphatic carboxylic acids is 1. The summed E-state index contributed by atoms with van der Waals surface area (Å²) in [5, 5.41) is 9.18. The summed E-state index contributed by atoms with van der Waals surface area (Å²) in [4.78, 5) is 26.4. The smallest absolute Gasteiger partial charge is 0.308 e. The summed E-state index contributed by atoms with van der Waals surface area (Å²) in [5.41, 5.74) is 0. The van der Waals surface area contributed by atoms with E-state index in [1.807, 2.05) is 25.1 Å². The fourth-order valence-corrected chi connectivity index (χ4v) is 4.04. The first-order chi connectivity index (χ1) is 12.0. The van der Waals surface area contributed by atoms with Crippen molar-refractivity contribution in [2.75, 3.05) is 25.5 Å². The first-order valence-electron chi connectivity index (χ1n) is 8.59. The number of ether oxygens (including phenoxy) is 2. The number of thioether (sulfide) groups is 1. The minimum absolute atomic E-state index is 0.0310. The lowest BCUT2D eigenvalue weighted by atomic mass is 9.93. The number of benzene rings is 1. The predicted molar refractivity (Wildman–Crippen MR) is 94.3 cm³/mol. The van der Waals surface area contributed by atoms with E-state index in [0.29, 0.717) is 38.4 Å². The number of carboxylic acids is 1. The Morgan fingerprint density at radius 2 is 2.00 bits per heavy atom. The van der Waals surface area contributed by atoms with Crippen LogP contribution in [-0.4, -0.2) is 53.4 Å². The summed E-state index contributed by atoms with van der Waals surface area (Å²) in [5.74, 6) is 0.939. The Morgan fingerprint density at radius 1 is 1.24 bits per heavy atom. The lowest BCUT2D eigenvalue weighted by Crippen LogP contribution is -2.47. The molecular weight excluding hydrogens is 342 g/mol. The lowest BCUT2D eigenvalue weighted by molar-refractivity contribution is -0.147. The van der Waals surface area contributed by atoms with Gasteiger partial charge in [-0.2, -0.15) is 0 Å². The topological polar surface area (TPSA) is 76.1 Å². The van der Waals surface area contributed by atoms with E-state index >= 15 is 0 Å². The summed E-state index contributed by atoms with van der Waals surface area (Å²) in [6.07, 6.45) is 1.79. The van der Waals surface area contributed by atoms with Crippen molar-refractivity contribution in [2.45, 2.75) is 37.1 Å². The quantitative estimate of drug-likeness (QED) is 0.809. The molecule has 3 rings (SSSR count). The van der Waals surface area contributed by atoms with Gasteiger partial charge in [-0.25, -0.2) is 0 Å². The predicted octanol–water partition coefficient (Wildman–Crippen LogP) is 2.65. The maximum absolute atomic E-state index is 12.5. The summed E-state index contributed by atoms with van der Waals surface area (Å²) in [7, 11) is 0. The number of piperidine rings is 1. The number of amides is 1. The van der Waals surface area contributed by atoms with Gasteiger partial charge in [-0.1, -0.05) is 0 Å². The van der Waals surface area contributed by atoms with Crippen molar-refractivity contribution in [1.29, 1.82) is 0 Å². The third-order valence-corrected chi connectivity index (χ3v) is 5.65. The first-order valence-corrected chi connectivity index (χ1v) is 9.58. The van der Waals surface area contributed by atoms with Crippen molar-refractivity contribution >= 4 is 23.6 Å². The maximum atomic E-state index is 12.5. The maximum Gasteiger partial charge on any atom is 0.308 e. The molecule has 1 aromatic carbocycles. The van der Waals surface area contributed by atoms with Gasteiger partial charge in [0.2, 0.25) is 5.91 Å². The van der Waals surface area contributed by atoms with Crippen LogP contribution in [0.2, 0.25) is 0 Å². The van der Waals surface area contributed by atoms with Crippen molar-refractivity contribution < 1.29 is 24.2 Å². The summed E-state index contributed by atoms with van der Waals surface area (Å²) in [6, 6.07) is 5.91. The van der Waals surface area contributed by atoms with Gasteiger partial charge in [-0.3, -0.25) is 9.59 Å². The molecule has 1 N–H and O–H groups in total. The van der Waals surface area contributed by atoms with Crippen molar-refractivity contribution in [3.63, 3.8) is 0 Å². The Kier molecular flexibility index (Phi) is 5.73. The molecular formula is C18H23NO5S. The van der Waals surface area contributed by atoms with Gasteiger partial charge in [0, 0.05) is 29.7 Å². The highest BCUT2D eigenvalue weighted by atomic mass is 32.2. The Hall–Kier alpha value is -1.89. The monoisotopic (exact) mass is 365 g/mol. The number of hydrogen-bond donors (Lipinski definition) is 1. The number of rotatable bonds is 5. The van der Waals surface area contributed by atoms with Crippen molar-refractivity contribution in [1.82, 2.24) is 4.90 Å². The lowest BCUT2D eigenvalue weighted by Gasteiger charge is -2.36. The first kappa shape index (κ1) is 17.9. The molecule has 6 nitrogen and oxygen atoms in total. The fourth-order valence-electron chi connectivity index (χ4n) is 3.17. The molecule has 0 saturated carbocycles. The molecule has 2 heterocycles. The molecule has 7 heteroatoms. The van der Waals surface area contributed by atoms with E-state index in [9.17, 15) is 14.7 Å². The third-order valence-electron chi connectivity index (χ3n) is 4.65. The number of carboxylic acid groups (broad SMARTS) is 1. The molecule has 0 radical (unpaired) electrons. The molecule has 2 atom stereocenters. The Balaban J connectivity index is 1.51. The molecule has 0 aromatic heterocycles. The highest BCUT2D eigenvalue weighted by Gasteiger charge is 2.32. The van der Waals surface area contributed by atoms with Crippen molar-refractivity contribution in [3.05, 3.63) is 18.2 Å². The molecule has 136 valence electrons. The Labute approximate surface area is 151 Å². The second-order valence-corrected chi connectivity index (χ2v) is 7.58. The largest absolute Gasteiger partial charge is 0.486 e. The van der Waals surface area contributed by atoms with Crippen molar-refractivity contribution in [2.24, 2.45) is 5.92 Å². The average Bonchev–Trinajstić information content (AvgIpc) is 2.61. The standard InChI is InChI=1S/C18H23NO5S/c1-12-2-3-13(18(21)22)11-19(12)17(20)6-9-25-14-4-5-15-16(10-14)24-8-7-23-15/h4-5,10,12-13H,2-3,6-9,11H2,1H3,(H,21,22). The van der Waals surface area contributed by atoms with Gasteiger partial charge >= 0.3 is 5.97 Å². The third kappa shape index (κ3) is 4.39. The van der Waals surface area contributed by atoms with Gasteiger partial charge in [-0.05, 0) is 38.0 Å². The summed E-state index contributed by atoms with van der Waals surface area (Å²) >= 11 is 1.59. The number of carbonyl (C=O) groups is 2. The van der Waals surface area contributed by atoms with Crippen LogP contribution in [0.25, 0.3) is 0 Å². The van der Waals surface area contributed by atoms with Crippen molar-refractivity contribution in [3.8, 4) is 11.5 Å². The SMILES string of the molecule is CC1CCC(C(=O)O)CN1C(=O)CCSc1ccc2c(c1)OCCO2. The van der Waals surface area contributed by atoms with Crippen LogP contribution < -0.4 is 9.47 Å². The van der Waals surface area contributed by atoms with Crippen LogP contribution >= 0.6 is 11.8 Å². The molecule has 1 saturated heterocycles. The zero-order valence-corrected chi connectivity index (χ0v) is 15.1. The number of carbonyl (C=O) groups excluding carboxylic acids is 1. The molecule has 1 fully saturated rings. The van der Waals surface area contributed by atoms with Gasteiger partial charge in [-0.15, -0.1) is 11.8 Å². The van der Waals surface area contributed by atoms with Crippen LogP contribution in [0.5, 0.6) is 11.5 Å². The number of nitrogens with zero attached hydrogens (tertiary/aromatic N) is 1. The van der Waals surface area contributed by atoms with Crippen LogP contribution in [-0.2, 0) is 9.59 Å². The van der Waals surface area contributed by atoms with E-state index in [1.54, 1.807) is 16.7 Å². The number of likely N-dealkylation sites (tertiary alicyclic amines) is 1. The van der Waals surface area contributed by atoms with E-state index < -0.39 is 11.9 Å². The molecule has 2 aliphatic rings. The van der Waals surface area contributed by atoms with Crippen LogP contribution in [0.4, 0.5) is 0 Å². The minimum Gasteiger partial charge on any atom is -0.486 e. The zero-order valence-electron chi connectivity index (χ0n) is 14.3. The normalized spacial score (nSPS) is 22.5. The molecule has 0 aliphatic carbocycles. The van der Waals surface area contributed by atoms with E-state index in [4.69, 9.17) is 9.47 Å². The van der Waals surface area contributed by atoms with Crippen LogP contribution in [0.1, 0.15) is 26.2 Å². The summed E-state index contributed by atoms with van der Waals surface area (Å²) < 4.78 is 11.1. The molecule has 0 bridgehead atoms. The second kappa shape index (κ2) is 7.99. The zero-order chi connectivity index (χ0) is 17.8. The number of hydrogen-bond acceptors (Lipinski definition) is 5. The highest BCUT2D eigenvalue weighted by molar-refractivity contribution is 7.99. The summed E-state index contributed by atoms with van der Waals surface area (Å²) in [6.45, 7) is 3.44. The Bertz CT molecular complexity index is 650. The van der Waals surface area contributed by atoms with Crippen LogP contribution in [0.3, 0.4) is 0 Å². The minimum atomic E-state index is -0.810. The fraction of sp³-hybridized carbons (Fsp3) is 0.556. The average molecular weight is 365 g/mol. The van der Waals surface area contributed by atoms with E-state index in [0.717, 1.165) is 22.8 Å². The van der Waals surface area contributed by atoms with Gasteiger partial charge < -0.3 is 19.5 Å². The van der Waals surface area contributed by atoms with Crippen LogP contribution in [0, 0.1) is 5.92 Å². The van der Waals surface area contributed by atoms with E-state index in [1.165, 1.54) is 0 Å². The molecule has 0 spiro atoms. The van der Waals surface area contributed by atoms with Crippen LogP contribution in [0.15, 0.2) is 23.1 Å². The molecule has 2 unspecified atom stereocenters. The highest BCUT2D eigenvalue weighted by Crippen LogP contribution is 2.34. The Morgan fingerprint density at radius 3 is 2.76 bits per heavy atom. The number of fused-ring (bicyclic) bond motifs is 1. The van der Waals surface area contributed by atoms with Gasteiger partial charge in [0.25, 0.3) is 0 Å². The molecule has 25 heavy (non-hydrogen) atoms.